The van der Waals surface area contributed by atoms with E-state index < -0.39 is 5.97 Å². The van der Waals surface area contributed by atoms with Gasteiger partial charge in [-0.15, -0.1) is 0 Å². The quantitative estimate of drug-likeness (QED) is 0.851. The number of nitrogens with zero attached hydrogens (tertiary/aromatic N) is 2. The van der Waals surface area contributed by atoms with Crippen LogP contribution < -0.4 is 15.2 Å². The van der Waals surface area contributed by atoms with Gasteiger partial charge in [-0.3, -0.25) is 4.57 Å². The number of fused-ring (bicyclic) bond motifs is 1. The molecule has 0 fully saturated rings. The van der Waals surface area contributed by atoms with Crippen LogP contribution in [0.25, 0.3) is 5.69 Å². The Hall–Kier alpha value is -2.70. The van der Waals surface area contributed by atoms with E-state index in [0.717, 1.165) is 5.69 Å². The number of nitrogens with two attached hydrogens (primary N) is 1. The van der Waals surface area contributed by atoms with Crippen molar-refractivity contribution in [2.45, 2.75) is 6.92 Å². The number of carbonyl (C=O) groups is 1. The van der Waals surface area contributed by atoms with Gasteiger partial charge < -0.3 is 19.9 Å². The molecule has 3 rings (SSSR count). The second kappa shape index (κ2) is 4.76. The molecule has 2 aromatic rings. The molecule has 0 saturated heterocycles. The fraction of sp³-hybridized carbons (Fsp3) is 0.231. The van der Waals surface area contributed by atoms with Crippen molar-refractivity contribution >= 4 is 11.8 Å². The predicted molar refractivity (Wildman–Crippen MR) is 70.1 cm³/mol. The summed E-state index contributed by atoms with van der Waals surface area (Å²) in [5.74, 6) is 0.998. The minimum atomic E-state index is -0.538. The summed E-state index contributed by atoms with van der Waals surface area (Å²) in [5.41, 5.74) is 6.77. The number of imidazole rings is 1. The van der Waals surface area contributed by atoms with Gasteiger partial charge in [-0.25, -0.2) is 9.78 Å². The fourth-order valence-electron chi connectivity index (χ4n) is 1.96. The van der Waals surface area contributed by atoms with E-state index >= 15 is 0 Å². The smallest absolute Gasteiger partial charge is 0.360 e. The van der Waals surface area contributed by atoms with Crippen molar-refractivity contribution < 1.29 is 19.0 Å². The van der Waals surface area contributed by atoms with Crippen LogP contribution in [-0.2, 0) is 4.74 Å². The number of hydrogen-bond donors (Lipinski definition) is 1. The molecule has 7 nitrogen and oxygen atoms in total. The van der Waals surface area contributed by atoms with Crippen molar-refractivity contribution in [3.8, 4) is 17.2 Å². The molecular weight excluding hydrogens is 262 g/mol. The zero-order valence-corrected chi connectivity index (χ0v) is 10.8. The van der Waals surface area contributed by atoms with Crippen LogP contribution in [0.3, 0.4) is 0 Å². The topological polar surface area (TPSA) is 88.6 Å². The third kappa shape index (κ3) is 1.93. The second-order valence-corrected chi connectivity index (χ2v) is 4.11. The van der Waals surface area contributed by atoms with Crippen LogP contribution in [0, 0.1) is 0 Å². The van der Waals surface area contributed by atoms with E-state index in [1.54, 1.807) is 29.7 Å². The van der Waals surface area contributed by atoms with E-state index in [9.17, 15) is 4.79 Å². The van der Waals surface area contributed by atoms with Gasteiger partial charge in [-0.2, -0.15) is 0 Å². The Kier molecular flexibility index (Phi) is 2.94. The minimum absolute atomic E-state index is 0.101. The number of esters is 1. The fourth-order valence-corrected chi connectivity index (χ4v) is 1.96. The van der Waals surface area contributed by atoms with Crippen LogP contribution in [-0.4, -0.2) is 28.9 Å². The minimum Gasteiger partial charge on any atom is -0.461 e. The molecule has 0 amide bonds. The lowest BCUT2D eigenvalue weighted by atomic mass is 10.2. The molecule has 2 N–H and O–H groups in total. The normalized spacial score (nSPS) is 12.4. The molecule has 0 saturated carbocycles. The SMILES string of the molecule is CCOC(=O)c1ncn(-c2ccc3c(c2)OCO3)c1N. The lowest BCUT2D eigenvalue weighted by Crippen LogP contribution is -2.09. The summed E-state index contributed by atoms with van der Waals surface area (Å²) in [6.07, 6.45) is 1.47. The summed E-state index contributed by atoms with van der Waals surface area (Å²) in [6.45, 7) is 2.20. The van der Waals surface area contributed by atoms with E-state index in [1.165, 1.54) is 6.33 Å². The molecule has 104 valence electrons. The number of aromatic nitrogens is 2. The Morgan fingerprint density at radius 1 is 1.45 bits per heavy atom. The zero-order valence-electron chi connectivity index (χ0n) is 10.8. The molecule has 2 heterocycles. The standard InChI is InChI=1S/C13H13N3O4/c1-2-18-13(17)11-12(14)16(6-15-11)8-3-4-9-10(5-8)20-7-19-9/h3-6H,2,7,14H2,1H3. The Morgan fingerprint density at radius 3 is 3.05 bits per heavy atom. The van der Waals surface area contributed by atoms with Crippen LogP contribution >= 0.6 is 0 Å². The van der Waals surface area contributed by atoms with Crippen molar-refractivity contribution in [2.24, 2.45) is 0 Å². The average molecular weight is 275 g/mol. The predicted octanol–water partition coefficient (Wildman–Crippen LogP) is 1.36. The number of benzene rings is 1. The Labute approximate surface area is 114 Å². The molecule has 7 heteroatoms. The maximum absolute atomic E-state index is 11.7. The largest absolute Gasteiger partial charge is 0.461 e. The van der Waals surface area contributed by atoms with Gasteiger partial charge in [-0.05, 0) is 19.1 Å². The number of hydrogen-bond acceptors (Lipinski definition) is 6. The molecule has 1 aliphatic rings. The number of anilines is 1. The maximum atomic E-state index is 11.7. The van der Waals surface area contributed by atoms with Gasteiger partial charge in [0, 0.05) is 6.07 Å². The van der Waals surface area contributed by atoms with E-state index in [1.807, 2.05) is 0 Å². The van der Waals surface area contributed by atoms with Gasteiger partial charge in [-0.1, -0.05) is 0 Å². The van der Waals surface area contributed by atoms with Crippen LogP contribution in [0.1, 0.15) is 17.4 Å². The third-order valence-corrected chi connectivity index (χ3v) is 2.91. The Morgan fingerprint density at radius 2 is 2.25 bits per heavy atom. The van der Waals surface area contributed by atoms with Crippen molar-refractivity contribution in [2.75, 3.05) is 19.1 Å². The lowest BCUT2D eigenvalue weighted by molar-refractivity contribution is 0.0521. The van der Waals surface area contributed by atoms with Gasteiger partial charge in [0.2, 0.25) is 6.79 Å². The van der Waals surface area contributed by atoms with Crippen molar-refractivity contribution in [1.29, 1.82) is 0 Å². The number of ether oxygens (including phenoxy) is 3. The second-order valence-electron chi connectivity index (χ2n) is 4.11. The van der Waals surface area contributed by atoms with Crippen LogP contribution in [0.4, 0.5) is 5.82 Å². The van der Waals surface area contributed by atoms with E-state index in [4.69, 9.17) is 19.9 Å². The number of nitrogen functional groups attached to an aromatic ring is 1. The van der Waals surface area contributed by atoms with Crippen molar-refractivity contribution in [3.63, 3.8) is 0 Å². The lowest BCUT2D eigenvalue weighted by Gasteiger charge is -2.06. The average Bonchev–Trinajstić information content (AvgIpc) is 3.04. The summed E-state index contributed by atoms with van der Waals surface area (Å²) in [5, 5.41) is 0. The summed E-state index contributed by atoms with van der Waals surface area (Å²) in [4.78, 5) is 15.7. The molecule has 0 unspecified atom stereocenters. The van der Waals surface area contributed by atoms with Crippen LogP contribution in [0.2, 0.25) is 0 Å². The summed E-state index contributed by atoms with van der Waals surface area (Å²) in [6, 6.07) is 5.36. The first-order valence-electron chi connectivity index (χ1n) is 6.10. The third-order valence-electron chi connectivity index (χ3n) is 2.91. The highest BCUT2D eigenvalue weighted by Crippen LogP contribution is 2.34. The molecule has 20 heavy (non-hydrogen) atoms. The molecule has 0 spiro atoms. The molecule has 1 aromatic heterocycles. The molecule has 1 aromatic carbocycles. The van der Waals surface area contributed by atoms with Gasteiger partial charge in [0.1, 0.15) is 12.1 Å². The van der Waals surface area contributed by atoms with Gasteiger partial charge in [0.05, 0.1) is 12.3 Å². The molecule has 0 bridgehead atoms. The molecule has 1 aliphatic heterocycles. The van der Waals surface area contributed by atoms with Gasteiger partial charge in [0.25, 0.3) is 0 Å². The highest BCUT2D eigenvalue weighted by Gasteiger charge is 2.19. The number of carbonyl (C=O) groups excluding carboxylic acids is 1. The zero-order chi connectivity index (χ0) is 14.1. The van der Waals surface area contributed by atoms with Gasteiger partial charge >= 0.3 is 5.97 Å². The molecule has 0 atom stereocenters. The molecule has 0 aliphatic carbocycles. The maximum Gasteiger partial charge on any atom is 0.360 e. The monoisotopic (exact) mass is 275 g/mol. The van der Waals surface area contributed by atoms with Crippen molar-refractivity contribution in [3.05, 3.63) is 30.2 Å². The first-order valence-corrected chi connectivity index (χ1v) is 6.10. The van der Waals surface area contributed by atoms with E-state index in [2.05, 4.69) is 4.98 Å². The number of rotatable bonds is 3. The Bertz CT molecular complexity index is 666. The van der Waals surface area contributed by atoms with Gasteiger partial charge in [0.15, 0.2) is 17.2 Å². The highest BCUT2D eigenvalue weighted by atomic mass is 16.7. The summed E-state index contributed by atoms with van der Waals surface area (Å²) >= 11 is 0. The van der Waals surface area contributed by atoms with E-state index in [-0.39, 0.29) is 24.9 Å². The first kappa shape index (κ1) is 12.3. The van der Waals surface area contributed by atoms with Crippen LogP contribution in [0.5, 0.6) is 11.5 Å². The van der Waals surface area contributed by atoms with Crippen molar-refractivity contribution in [1.82, 2.24) is 9.55 Å². The molecular formula is C13H13N3O4. The summed E-state index contributed by atoms with van der Waals surface area (Å²) < 4.78 is 17.0. The molecule has 0 radical (unpaired) electrons. The van der Waals surface area contributed by atoms with E-state index in [0.29, 0.717) is 11.5 Å². The first-order chi connectivity index (χ1) is 9.70. The Balaban J connectivity index is 1.97. The highest BCUT2D eigenvalue weighted by molar-refractivity contribution is 5.92. The van der Waals surface area contributed by atoms with Crippen LogP contribution in [0.15, 0.2) is 24.5 Å². The summed E-state index contributed by atoms with van der Waals surface area (Å²) in [7, 11) is 0.